The second-order valence-corrected chi connectivity index (χ2v) is 6.10. The van der Waals surface area contributed by atoms with Gasteiger partial charge in [0.25, 0.3) is 0 Å². The van der Waals surface area contributed by atoms with Gasteiger partial charge in [0.2, 0.25) is 5.91 Å². The normalized spacial score (nSPS) is 21.3. The van der Waals surface area contributed by atoms with E-state index >= 15 is 0 Å². The van der Waals surface area contributed by atoms with Crippen molar-refractivity contribution < 1.29 is 14.7 Å². The molecule has 2 bridgehead atoms. The van der Waals surface area contributed by atoms with E-state index in [9.17, 15) is 9.59 Å². The summed E-state index contributed by atoms with van der Waals surface area (Å²) >= 11 is 0. The summed E-state index contributed by atoms with van der Waals surface area (Å²) in [7, 11) is 1.81. The summed E-state index contributed by atoms with van der Waals surface area (Å²) in [6.07, 6.45) is 4.63. The van der Waals surface area contributed by atoms with Crippen molar-refractivity contribution >= 4 is 17.7 Å². The van der Waals surface area contributed by atoms with Crippen molar-refractivity contribution in [1.82, 2.24) is 15.1 Å². The number of aromatic nitrogens is 2. The number of carbonyl (C=O) groups is 2. The standard InChI is InChI=1S/C18H20N4O3/c1-11-5-3-8-14(21-18(24)25)12-6-4-7-13(9-12)16-15(20-17(11)23)10-19-22(16)2/h3-7,9-11,14,21H,8H2,1-2H3,(H,20,23)(H,24,25)/b5-3+/t11-,14+/m1/s1. The molecule has 1 aliphatic heterocycles. The molecular weight excluding hydrogens is 320 g/mol. The molecule has 2 amide bonds. The average molecular weight is 340 g/mol. The van der Waals surface area contributed by atoms with E-state index in [1.54, 1.807) is 30.9 Å². The average Bonchev–Trinajstić information content (AvgIpc) is 2.93. The SMILES string of the molecule is C[C@@H]1/C=C/C[C@H](NC(=O)O)c2cccc(c2)-c2c(cnn2C)NC1=O. The minimum absolute atomic E-state index is 0.134. The molecule has 2 atom stereocenters. The van der Waals surface area contributed by atoms with E-state index in [0.717, 1.165) is 16.8 Å². The van der Waals surface area contributed by atoms with Gasteiger partial charge < -0.3 is 15.7 Å². The molecule has 0 unspecified atom stereocenters. The summed E-state index contributed by atoms with van der Waals surface area (Å²) in [5.41, 5.74) is 3.13. The lowest BCUT2D eigenvalue weighted by Gasteiger charge is -2.18. The van der Waals surface area contributed by atoms with Crippen LogP contribution in [0.1, 0.15) is 24.9 Å². The van der Waals surface area contributed by atoms with Gasteiger partial charge in [0.15, 0.2) is 0 Å². The van der Waals surface area contributed by atoms with Crippen LogP contribution in [0.3, 0.4) is 0 Å². The highest BCUT2D eigenvalue weighted by Gasteiger charge is 2.20. The first-order chi connectivity index (χ1) is 12.0. The van der Waals surface area contributed by atoms with Crippen LogP contribution in [0.4, 0.5) is 10.5 Å². The van der Waals surface area contributed by atoms with Crippen LogP contribution in [0, 0.1) is 5.92 Å². The van der Waals surface area contributed by atoms with Gasteiger partial charge in [-0.3, -0.25) is 9.48 Å². The molecule has 7 heteroatoms. The Morgan fingerprint density at radius 2 is 2.24 bits per heavy atom. The predicted molar refractivity (Wildman–Crippen MR) is 94.1 cm³/mol. The maximum atomic E-state index is 12.4. The molecule has 0 aliphatic carbocycles. The summed E-state index contributed by atoms with van der Waals surface area (Å²) in [4.78, 5) is 23.5. The molecule has 3 rings (SSSR count). The molecule has 0 fully saturated rings. The Bertz CT molecular complexity index is 841. The zero-order valence-electron chi connectivity index (χ0n) is 14.1. The summed E-state index contributed by atoms with van der Waals surface area (Å²) in [6.45, 7) is 1.80. The zero-order valence-corrected chi connectivity index (χ0v) is 14.1. The van der Waals surface area contributed by atoms with Crippen molar-refractivity contribution in [1.29, 1.82) is 0 Å². The maximum Gasteiger partial charge on any atom is 0.405 e. The quantitative estimate of drug-likeness (QED) is 0.695. The Morgan fingerprint density at radius 1 is 1.44 bits per heavy atom. The van der Waals surface area contributed by atoms with E-state index in [1.807, 2.05) is 30.3 Å². The molecule has 0 radical (unpaired) electrons. The highest BCUT2D eigenvalue weighted by atomic mass is 16.4. The van der Waals surface area contributed by atoms with Gasteiger partial charge in [0.1, 0.15) is 0 Å². The molecule has 130 valence electrons. The van der Waals surface area contributed by atoms with Crippen molar-refractivity contribution in [2.24, 2.45) is 13.0 Å². The fourth-order valence-electron chi connectivity index (χ4n) is 2.95. The van der Waals surface area contributed by atoms with Gasteiger partial charge in [0.05, 0.1) is 29.5 Å². The summed E-state index contributed by atoms with van der Waals surface area (Å²) < 4.78 is 1.70. The number of nitrogens with one attached hydrogen (secondary N) is 2. The van der Waals surface area contributed by atoms with E-state index in [4.69, 9.17) is 5.11 Å². The Kier molecular flexibility index (Phi) is 4.56. The van der Waals surface area contributed by atoms with E-state index in [2.05, 4.69) is 15.7 Å². The minimum atomic E-state index is -1.08. The van der Waals surface area contributed by atoms with Crippen molar-refractivity contribution in [3.8, 4) is 11.3 Å². The fourth-order valence-corrected chi connectivity index (χ4v) is 2.95. The molecule has 1 aromatic carbocycles. The van der Waals surface area contributed by atoms with Gasteiger partial charge >= 0.3 is 6.09 Å². The first-order valence-electron chi connectivity index (χ1n) is 8.05. The third kappa shape index (κ3) is 3.55. The Hall–Kier alpha value is -3.09. The summed E-state index contributed by atoms with van der Waals surface area (Å²) in [5.74, 6) is -0.471. The van der Waals surface area contributed by atoms with Crippen LogP contribution < -0.4 is 10.6 Å². The number of nitrogens with zero attached hydrogens (tertiary/aromatic N) is 2. The highest BCUT2D eigenvalue weighted by molar-refractivity contribution is 5.96. The van der Waals surface area contributed by atoms with Gasteiger partial charge in [-0.05, 0) is 18.1 Å². The van der Waals surface area contributed by atoms with Gasteiger partial charge in [-0.15, -0.1) is 0 Å². The number of rotatable bonds is 1. The monoisotopic (exact) mass is 340 g/mol. The van der Waals surface area contributed by atoms with Crippen molar-refractivity contribution in [3.05, 3.63) is 48.2 Å². The van der Waals surface area contributed by atoms with Crippen LogP contribution in [0.5, 0.6) is 0 Å². The predicted octanol–water partition coefficient (Wildman–Crippen LogP) is 2.93. The number of fused-ring (bicyclic) bond motifs is 4. The summed E-state index contributed by atoms with van der Waals surface area (Å²) in [6, 6.07) is 7.21. The van der Waals surface area contributed by atoms with Crippen LogP contribution in [0.25, 0.3) is 11.3 Å². The molecule has 2 aromatic rings. The lowest BCUT2D eigenvalue weighted by Crippen LogP contribution is -2.26. The van der Waals surface area contributed by atoms with Gasteiger partial charge in [-0.25, -0.2) is 4.79 Å². The number of hydrogen-bond donors (Lipinski definition) is 3. The highest BCUT2D eigenvalue weighted by Crippen LogP contribution is 2.31. The lowest BCUT2D eigenvalue weighted by atomic mass is 9.98. The number of carboxylic acid groups (broad SMARTS) is 1. The van der Waals surface area contributed by atoms with Crippen LogP contribution in [-0.2, 0) is 11.8 Å². The molecule has 1 aliphatic rings. The molecular formula is C18H20N4O3. The van der Waals surface area contributed by atoms with E-state index in [-0.39, 0.29) is 17.9 Å². The lowest BCUT2D eigenvalue weighted by molar-refractivity contribution is -0.118. The van der Waals surface area contributed by atoms with Crippen molar-refractivity contribution in [2.75, 3.05) is 5.32 Å². The number of aryl methyl sites for hydroxylation is 1. The zero-order chi connectivity index (χ0) is 18.0. The molecule has 0 saturated heterocycles. The van der Waals surface area contributed by atoms with Crippen LogP contribution in [0.15, 0.2) is 42.6 Å². The minimum Gasteiger partial charge on any atom is -0.465 e. The van der Waals surface area contributed by atoms with Gasteiger partial charge in [0, 0.05) is 12.6 Å². The van der Waals surface area contributed by atoms with E-state index in [1.165, 1.54) is 0 Å². The molecule has 0 saturated carbocycles. The molecule has 1 aromatic heterocycles. The summed E-state index contributed by atoms with van der Waals surface area (Å²) in [5, 5.41) is 18.8. The number of anilines is 1. The third-order valence-corrected chi connectivity index (χ3v) is 4.27. The second kappa shape index (κ2) is 6.80. The number of carbonyl (C=O) groups excluding carboxylic acids is 1. The molecule has 2 heterocycles. The Labute approximate surface area is 145 Å². The third-order valence-electron chi connectivity index (χ3n) is 4.27. The van der Waals surface area contributed by atoms with E-state index < -0.39 is 6.09 Å². The second-order valence-electron chi connectivity index (χ2n) is 6.10. The van der Waals surface area contributed by atoms with Gasteiger partial charge in [-0.2, -0.15) is 5.10 Å². The molecule has 3 N–H and O–H groups in total. The smallest absolute Gasteiger partial charge is 0.405 e. The Morgan fingerprint density at radius 3 is 3.00 bits per heavy atom. The number of benzene rings is 1. The van der Waals surface area contributed by atoms with Crippen LogP contribution in [0.2, 0.25) is 0 Å². The number of amides is 2. The topological polar surface area (TPSA) is 96.2 Å². The van der Waals surface area contributed by atoms with Gasteiger partial charge in [-0.1, -0.05) is 37.3 Å². The number of hydrogen-bond acceptors (Lipinski definition) is 3. The van der Waals surface area contributed by atoms with Crippen LogP contribution in [-0.4, -0.2) is 26.9 Å². The van der Waals surface area contributed by atoms with Crippen LogP contribution >= 0.6 is 0 Å². The molecule has 0 spiro atoms. The largest absolute Gasteiger partial charge is 0.465 e. The molecule has 7 nitrogen and oxygen atoms in total. The first-order valence-corrected chi connectivity index (χ1v) is 8.05. The first kappa shape index (κ1) is 16.8. The van der Waals surface area contributed by atoms with E-state index in [0.29, 0.717) is 12.1 Å². The Balaban J connectivity index is 2.13. The fraction of sp³-hybridized carbons (Fsp3) is 0.278. The molecule has 25 heavy (non-hydrogen) atoms. The van der Waals surface area contributed by atoms with Crippen molar-refractivity contribution in [2.45, 2.75) is 19.4 Å². The van der Waals surface area contributed by atoms with Crippen molar-refractivity contribution in [3.63, 3.8) is 0 Å². The maximum absolute atomic E-state index is 12.4.